The van der Waals surface area contributed by atoms with Crippen LogP contribution in [0.1, 0.15) is 23.7 Å². The number of benzene rings is 2. The zero-order valence-electron chi connectivity index (χ0n) is 17.1. The molecule has 0 aliphatic heterocycles. The summed E-state index contributed by atoms with van der Waals surface area (Å²) in [7, 11) is 1.99. The Morgan fingerprint density at radius 2 is 1.67 bits per heavy atom. The van der Waals surface area contributed by atoms with E-state index in [1.54, 1.807) is 0 Å². The van der Waals surface area contributed by atoms with Crippen LogP contribution in [0.3, 0.4) is 0 Å². The Morgan fingerprint density at radius 1 is 1.00 bits per heavy atom. The van der Waals surface area contributed by atoms with E-state index in [9.17, 15) is 9.59 Å². The SMILES string of the molecule is C/C(=N/O)C(=O)NCCCNC(=O)c1cc(-c2ccccc2)[n+](C)c2ccccc12. The lowest BCUT2D eigenvalue weighted by atomic mass is 10.0. The monoisotopic (exact) mass is 405 g/mol. The highest BCUT2D eigenvalue weighted by molar-refractivity contribution is 6.37. The molecule has 0 atom stereocenters. The fourth-order valence-corrected chi connectivity index (χ4v) is 3.27. The number of aromatic nitrogens is 1. The number of rotatable bonds is 7. The number of carbonyl (C=O) groups excluding carboxylic acids is 2. The molecule has 0 saturated heterocycles. The highest BCUT2D eigenvalue weighted by atomic mass is 16.4. The Labute approximate surface area is 175 Å². The van der Waals surface area contributed by atoms with E-state index >= 15 is 0 Å². The number of hydrogen-bond donors (Lipinski definition) is 3. The fourth-order valence-electron chi connectivity index (χ4n) is 3.27. The van der Waals surface area contributed by atoms with Gasteiger partial charge in [-0.25, -0.2) is 0 Å². The van der Waals surface area contributed by atoms with Gasteiger partial charge in [0.2, 0.25) is 11.2 Å². The minimum absolute atomic E-state index is 0.00361. The molecular formula is C23H25N4O3+. The summed E-state index contributed by atoms with van der Waals surface area (Å²) in [6.45, 7) is 2.19. The summed E-state index contributed by atoms with van der Waals surface area (Å²) in [5.41, 5.74) is 3.55. The molecule has 7 heteroatoms. The standard InChI is InChI=1S/C23H24N4O3/c1-16(26-30)22(28)24-13-8-14-25-23(29)19-15-21(17-9-4-3-5-10-17)27(2)20-12-7-6-11-18(19)20/h3-7,9-12,15H,8,13-14H2,1-2H3,(H2-,24,25,28,29,30)/p+1. The second kappa shape index (κ2) is 9.65. The summed E-state index contributed by atoms with van der Waals surface area (Å²) >= 11 is 0. The first kappa shape index (κ1) is 21.0. The van der Waals surface area contributed by atoms with Gasteiger partial charge in [0.15, 0.2) is 0 Å². The van der Waals surface area contributed by atoms with Gasteiger partial charge in [0, 0.05) is 30.8 Å². The van der Waals surface area contributed by atoms with Crippen molar-refractivity contribution in [2.75, 3.05) is 13.1 Å². The molecule has 3 aromatic rings. The third-order valence-corrected chi connectivity index (χ3v) is 4.92. The molecule has 3 N–H and O–H groups in total. The Kier molecular flexibility index (Phi) is 6.75. The van der Waals surface area contributed by atoms with Crippen LogP contribution in [0.4, 0.5) is 0 Å². The van der Waals surface area contributed by atoms with Gasteiger partial charge in [0.25, 0.3) is 11.8 Å². The van der Waals surface area contributed by atoms with Gasteiger partial charge in [-0.1, -0.05) is 35.5 Å². The second-order valence-electron chi connectivity index (χ2n) is 6.94. The first-order valence-electron chi connectivity index (χ1n) is 9.75. The Balaban J connectivity index is 1.77. The normalized spacial score (nSPS) is 11.3. The molecule has 1 aromatic heterocycles. The molecule has 0 aliphatic rings. The lowest BCUT2D eigenvalue weighted by molar-refractivity contribution is -0.633. The Bertz CT molecular complexity index is 1090. The molecule has 2 amide bonds. The van der Waals surface area contributed by atoms with Gasteiger partial charge in [0.1, 0.15) is 12.8 Å². The van der Waals surface area contributed by atoms with Crippen molar-refractivity contribution in [1.82, 2.24) is 10.6 Å². The topological polar surface area (TPSA) is 94.7 Å². The summed E-state index contributed by atoms with van der Waals surface area (Å²) in [6, 6.07) is 19.7. The lowest BCUT2D eigenvalue weighted by Gasteiger charge is -2.10. The van der Waals surface area contributed by atoms with Crippen molar-refractivity contribution in [3.8, 4) is 11.3 Å². The van der Waals surface area contributed by atoms with Crippen molar-refractivity contribution in [3.05, 3.63) is 66.2 Å². The number of fused-ring (bicyclic) bond motifs is 1. The first-order chi connectivity index (χ1) is 14.5. The summed E-state index contributed by atoms with van der Waals surface area (Å²) in [4.78, 5) is 24.5. The maximum atomic E-state index is 12.9. The molecule has 0 unspecified atom stereocenters. The summed E-state index contributed by atoms with van der Waals surface area (Å²) in [6.07, 6.45) is 0.556. The Hall–Kier alpha value is -3.74. The van der Waals surface area contributed by atoms with Crippen LogP contribution in [-0.4, -0.2) is 35.8 Å². The van der Waals surface area contributed by atoms with E-state index in [0.29, 0.717) is 25.1 Å². The van der Waals surface area contributed by atoms with Crippen LogP contribution < -0.4 is 15.2 Å². The van der Waals surface area contributed by atoms with Crippen molar-refractivity contribution in [3.63, 3.8) is 0 Å². The number of nitrogens with zero attached hydrogens (tertiary/aromatic N) is 2. The molecule has 0 radical (unpaired) electrons. The van der Waals surface area contributed by atoms with E-state index in [0.717, 1.165) is 22.2 Å². The number of oxime groups is 1. The van der Waals surface area contributed by atoms with Gasteiger partial charge in [-0.3, -0.25) is 9.59 Å². The molecule has 0 saturated carbocycles. The number of nitrogens with one attached hydrogen (secondary N) is 2. The van der Waals surface area contributed by atoms with E-state index in [1.165, 1.54) is 6.92 Å². The first-order valence-corrected chi connectivity index (χ1v) is 9.75. The molecule has 7 nitrogen and oxygen atoms in total. The summed E-state index contributed by atoms with van der Waals surface area (Å²) < 4.78 is 2.09. The van der Waals surface area contributed by atoms with E-state index in [2.05, 4.69) is 20.4 Å². The van der Waals surface area contributed by atoms with Gasteiger partial charge in [-0.2, -0.15) is 4.57 Å². The number of amides is 2. The van der Waals surface area contributed by atoms with Crippen molar-refractivity contribution in [2.24, 2.45) is 12.2 Å². The van der Waals surface area contributed by atoms with Gasteiger partial charge < -0.3 is 15.8 Å². The Morgan fingerprint density at radius 3 is 2.40 bits per heavy atom. The van der Waals surface area contributed by atoms with Crippen LogP contribution in [0.5, 0.6) is 0 Å². The molecular weight excluding hydrogens is 380 g/mol. The molecule has 0 aliphatic carbocycles. The molecule has 0 spiro atoms. The third-order valence-electron chi connectivity index (χ3n) is 4.92. The van der Waals surface area contributed by atoms with Crippen LogP contribution in [0.2, 0.25) is 0 Å². The van der Waals surface area contributed by atoms with E-state index in [4.69, 9.17) is 5.21 Å². The minimum Gasteiger partial charge on any atom is -0.410 e. The molecule has 1 heterocycles. The number of hydrogen-bond acceptors (Lipinski definition) is 4. The summed E-state index contributed by atoms with van der Waals surface area (Å²) in [5.74, 6) is -0.596. The second-order valence-corrected chi connectivity index (χ2v) is 6.94. The van der Waals surface area contributed by atoms with Crippen LogP contribution in [0.15, 0.2) is 65.8 Å². The van der Waals surface area contributed by atoms with E-state index in [1.807, 2.05) is 67.7 Å². The van der Waals surface area contributed by atoms with Crippen LogP contribution >= 0.6 is 0 Å². The number of pyridine rings is 1. The van der Waals surface area contributed by atoms with Crippen LogP contribution in [0, 0.1) is 0 Å². The maximum absolute atomic E-state index is 12.9. The molecule has 3 rings (SSSR count). The smallest absolute Gasteiger partial charge is 0.268 e. The van der Waals surface area contributed by atoms with Crippen molar-refractivity contribution in [2.45, 2.75) is 13.3 Å². The van der Waals surface area contributed by atoms with Crippen molar-refractivity contribution >= 4 is 28.4 Å². The predicted molar refractivity (Wildman–Crippen MR) is 115 cm³/mol. The largest absolute Gasteiger partial charge is 0.410 e. The quantitative estimate of drug-likeness (QED) is 0.185. The summed E-state index contributed by atoms with van der Waals surface area (Å²) in [5, 5.41) is 17.9. The lowest BCUT2D eigenvalue weighted by Crippen LogP contribution is -2.35. The van der Waals surface area contributed by atoms with Gasteiger partial charge in [0.05, 0.1) is 10.9 Å². The number of aryl methyl sites for hydroxylation is 1. The number of para-hydroxylation sites is 1. The molecule has 0 bridgehead atoms. The van der Waals surface area contributed by atoms with Gasteiger partial charge >= 0.3 is 0 Å². The zero-order valence-corrected chi connectivity index (χ0v) is 17.1. The van der Waals surface area contributed by atoms with E-state index in [-0.39, 0.29) is 11.6 Å². The minimum atomic E-state index is -0.433. The molecule has 30 heavy (non-hydrogen) atoms. The zero-order chi connectivity index (χ0) is 21.5. The average molecular weight is 405 g/mol. The predicted octanol–water partition coefficient (Wildman–Crippen LogP) is 2.42. The highest BCUT2D eigenvalue weighted by Gasteiger charge is 2.21. The van der Waals surface area contributed by atoms with Crippen molar-refractivity contribution in [1.29, 1.82) is 0 Å². The number of carbonyl (C=O) groups is 2. The van der Waals surface area contributed by atoms with Crippen LogP contribution in [-0.2, 0) is 11.8 Å². The average Bonchev–Trinajstić information content (AvgIpc) is 2.79. The molecule has 154 valence electrons. The molecule has 0 fully saturated rings. The maximum Gasteiger partial charge on any atom is 0.268 e. The fraction of sp³-hybridized carbons (Fsp3) is 0.217. The van der Waals surface area contributed by atoms with Crippen molar-refractivity contribution < 1.29 is 19.4 Å². The molecule has 2 aromatic carbocycles. The van der Waals surface area contributed by atoms with Gasteiger partial charge in [-0.05, 0) is 31.5 Å². The van der Waals surface area contributed by atoms with Gasteiger partial charge in [-0.15, -0.1) is 0 Å². The third kappa shape index (κ3) is 4.63. The highest BCUT2D eigenvalue weighted by Crippen LogP contribution is 2.23. The van der Waals surface area contributed by atoms with Crippen LogP contribution in [0.25, 0.3) is 22.2 Å². The van der Waals surface area contributed by atoms with E-state index < -0.39 is 5.91 Å².